The van der Waals surface area contributed by atoms with Gasteiger partial charge in [0.2, 0.25) is 5.91 Å². The second kappa shape index (κ2) is 3.81. The van der Waals surface area contributed by atoms with Crippen LogP contribution in [-0.4, -0.2) is 41.4 Å². The van der Waals surface area contributed by atoms with E-state index in [1.54, 1.807) is 7.11 Å². The highest BCUT2D eigenvalue weighted by Gasteiger charge is 2.42. The lowest BCUT2D eigenvalue weighted by Crippen LogP contribution is -2.50. The lowest BCUT2D eigenvalue weighted by atomic mass is 9.79. The Kier molecular flexibility index (Phi) is 2.84. The number of hydrogen-bond acceptors (Lipinski definition) is 2. The van der Waals surface area contributed by atoms with Gasteiger partial charge in [-0.25, -0.2) is 0 Å². The topological polar surface area (TPSA) is 29.5 Å². The summed E-state index contributed by atoms with van der Waals surface area (Å²) in [7, 11) is 1.76. The van der Waals surface area contributed by atoms with Crippen molar-refractivity contribution in [3.63, 3.8) is 0 Å². The zero-order chi connectivity index (χ0) is 10.2. The van der Waals surface area contributed by atoms with Crippen LogP contribution in [0.15, 0.2) is 0 Å². The number of nitrogens with zero attached hydrogens (tertiary/aromatic N) is 1. The summed E-state index contributed by atoms with van der Waals surface area (Å²) in [6, 6.07) is 0. The number of carbonyl (C=O) groups excluding carboxylic acids is 1. The first-order valence-corrected chi connectivity index (χ1v) is 6.06. The van der Waals surface area contributed by atoms with Gasteiger partial charge in [-0.2, -0.15) is 0 Å². The van der Waals surface area contributed by atoms with Crippen LogP contribution < -0.4 is 0 Å². The lowest BCUT2D eigenvalue weighted by molar-refractivity contribution is -0.136. The van der Waals surface area contributed by atoms with Crippen LogP contribution in [0.25, 0.3) is 0 Å². The van der Waals surface area contributed by atoms with Crippen LogP contribution in [0.1, 0.15) is 25.7 Å². The third kappa shape index (κ3) is 1.70. The van der Waals surface area contributed by atoms with E-state index in [-0.39, 0.29) is 16.3 Å². The molecule has 1 saturated heterocycles. The molecule has 2 fully saturated rings. The quantitative estimate of drug-likeness (QED) is 0.722. The molecule has 14 heavy (non-hydrogen) atoms. The van der Waals surface area contributed by atoms with Gasteiger partial charge in [0.05, 0.1) is 10.4 Å². The van der Waals surface area contributed by atoms with E-state index in [1.165, 1.54) is 6.42 Å². The van der Waals surface area contributed by atoms with Gasteiger partial charge in [0.25, 0.3) is 0 Å². The normalized spacial score (nSPS) is 30.6. The van der Waals surface area contributed by atoms with E-state index < -0.39 is 0 Å². The summed E-state index contributed by atoms with van der Waals surface area (Å²) in [5.74, 6) is 0.230. The third-order valence-electron chi connectivity index (χ3n) is 3.41. The Balaban J connectivity index is 1.94. The molecule has 2 rings (SSSR count). The molecule has 1 heterocycles. The molecule has 0 aromatic heterocycles. The average Bonchev–Trinajstić information content (AvgIpc) is 2.42. The van der Waals surface area contributed by atoms with Gasteiger partial charge in [0.15, 0.2) is 0 Å². The fourth-order valence-electron chi connectivity index (χ4n) is 2.20. The smallest absolute Gasteiger partial charge is 0.236 e. The van der Waals surface area contributed by atoms with Crippen molar-refractivity contribution in [3.8, 4) is 0 Å². The molecule has 1 saturated carbocycles. The van der Waals surface area contributed by atoms with E-state index in [0.717, 1.165) is 32.4 Å². The summed E-state index contributed by atoms with van der Waals surface area (Å²) < 4.78 is 5.51. The maximum Gasteiger partial charge on any atom is 0.236 e. The first-order chi connectivity index (χ1) is 6.67. The van der Waals surface area contributed by atoms with E-state index in [9.17, 15) is 4.79 Å². The summed E-state index contributed by atoms with van der Waals surface area (Å²) in [6.45, 7) is 1.66. The van der Waals surface area contributed by atoms with Crippen LogP contribution in [0.4, 0.5) is 0 Å². The number of likely N-dealkylation sites (tertiary alicyclic amines) is 1. The monoisotopic (exact) mass is 261 g/mol. The second-order valence-corrected chi connectivity index (χ2v) is 5.36. The van der Waals surface area contributed by atoms with Gasteiger partial charge in [-0.3, -0.25) is 4.79 Å². The molecule has 0 spiro atoms. The number of rotatable bonds is 3. The maximum atomic E-state index is 11.7. The Labute approximate surface area is 92.9 Å². The van der Waals surface area contributed by atoms with Gasteiger partial charge in [0.1, 0.15) is 0 Å². The molecule has 1 aliphatic heterocycles. The van der Waals surface area contributed by atoms with Gasteiger partial charge in [0, 0.05) is 20.2 Å². The van der Waals surface area contributed by atoms with Crippen LogP contribution in [0.5, 0.6) is 0 Å². The molecule has 0 aromatic rings. The summed E-state index contributed by atoms with van der Waals surface area (Å²) in [6.07, 6.45) is 4.35. The Morgan fingerprint density at radius 1 is 1.64 bits per heavy atom. The zero-order valence-corrected chi connectivity index (χ0v) is 10.0. The summed E-state index contributed by atoms with van der Waals surface area (Å²) in [5, 5.41) is 0. The molecule has 3 nitrogen and oxygen atoms in total. The number of halogens is 1. The molecule has 80 valence electrons. The Bertz CT molecular complexity index is 235. The first kappa shape index (κ1) is 10.4. The molecule has 0 aromatic carbocycles. The SMILES string of the molecule is COC1(CN2CCC(Br)C2=O)CCC1. The molecule has 1 unspecified atom stereocenters. The molecular formula is C10H16BrNO2. The van der Waals surface area contributed by atoms with Crippen molar-refractivity contribution in [2.24, 2.45) is 0 Å². The molecular weight excluding hydrogens is 246 g/mol. The van der Waals surface area contributed by atoms with Crippen LogP contribution in [0, 0.1) is 0 Å². The molecule has 1 amide bonds. The highest BCUT2D eigenvalue weighted by Crippen LogP contribution is 2.36. The minimum absolute atomic E-state index is 0.0211. The van der Waals surface area contributed by atoms with Crippen LogP contribution in [0.3, 0.4) is 0 Å². The third-order valence-corrected chi connectivity index (χ3v) is 4.26. The van der Waals surface area contributed by atoms with E-state index in [0.29, 0.717) is 0 Å². The number of amides is 1. The van der Waals surface area contributed by atoms with E-state index in [2.05, 4.69) is 15.9 Å². The molecule has 4 heteroatoms. The minimum atomic E-state index is -0.0211. The minimum Gasteiger partial charge on any atom is -0.376 e. The van der Waals surface area contributed by atoms with E-state index in [4.69, 9.17) is 4.74 Å². The number of hydrogen-bond donors (Lipinski definition) is 0. The standard InChI is InChI=1S/C10H16BrNO2/c1-14-10(4-2-5-10)7-12-6-3-8(11)9(12)13/h8H,2-7H2,1H3. The summed E-state index contributed by atoms with van der Waals surface area (Å²) in [4.78, 5) is 13.6. The Morgan fingerprint density at radius 2 is 2.36 bits per heavy atom. The predicted octanol–water partition coefficient (Wildman–Crippen LogP) is 1.55. The van der Waals surface area contributed by atoms with Gasteiger partial charge >= 0.3 is 0 Å². The first-order valence-electron chi connectivity index (χ1n) is 5.15. The van der Waals surface area contributed by atoms with Crippen molar-refractivity contribution in [2.45, 2.75) is 36.1 Å². The largest absolute Gasteiger partial charge is 0.376 e. The maximum absolute atomic E-state index is 11.7. The van der Waals surface area contributed by atoms with Gasteiger partial charge in [-0.15, -0.1) is 0 Å². The van der Waals surface area contributed by atoms with Crippen molar-refractivity contribution in [2.75, 3.05) is 20.2 Å². The Morgan fingerprint density at radius 3 is 2.71 bits per heavy atom. The van der Waals surface area contributed by atoms with Crippen molar-refractivity contribution in [1.82, 2.24) is 4.90 Å². The lowest BCUT2D eigenvalue weighted by Gasteiger charge is -2.42. The van der Waals surface area contributed by atoms with Gasteiger partial charge in [-0.05, 0) is 25.7 Å². The van der Waals surface area contributed by atoms with Crippen LogP contribution in [0.2, 0.25) is 0 Å². The van der Waals surface area contributed by atoms with Gasteiger partial charge in [-0.1, -0.05) is 15.9 Å². The van der Waals surface area contributed by atoms with Crippen LogP contribution in [-0.2, 0) is 9.53 Å². The number of ether oxygens (including phenoxy) is 1. The number of methoxy groups -OCH3 is 1. The molecule has 1 atom stereocenters. The van der Waals surface area contributed by atoms with Gasteiger partial charge < -0.3 is 9.64 Å². The zero-order valence-electron chi connectivity index (χ0n) is 8.46. The predicted molar refractivity (Wildman–Crippen MR) is 57.5 cm³/mol. The fourth-order valence-corrected chi connectivity index (χ4v) is 2.70. The highest BCUT2D eigenvalue weighted by molar-refractivity contribution is 9.10. The van der Waals surface area contributed by atoms with Crippen molar-refractivity contribution in [1.29, 1.82) is 0 Å². The molecule has 0 radical (unpaired) electrons. The Hall–Kier alpha value is -0.0900. The molecule has 0 N–H and O–H groups in total. The highest BCUT2D eigenvalue weighted by atomic mass is 79.9. The second-order valence-electron chi connectivity index (χ2n) is 4.26. The van der Waals surface area contributed by atoms with Crippen molar-refractivity contribution < 1.29 is 9.53 Å². The molecule has 0 bridgehead atoms. The van der Waals surface area contributed by atoms with E-state index >= 15 is 0 Å². The fraction of sp³-hybridized carbons (Fsp3) is 0.900. The molecule has 2 aliphatic rings. The van der Waals surface area contributed by atoms with Crippen molar-refractivity contribution in [3.05, 3.63) is 0 Å². The average molecular weight is 262 g/mol. The number of carbonyl (C=O) groups is 1. The molecule has 1 aliphatic carbocycles. The summed E-state index contributed by atoms with van der Waals surface area (Å²) >= 11 is 3.38. The number of alkyl halides is 1. The van der Waals surface area contributed by atoms with Crippen LogP contribution >= 0.6 is 15.9 Å². The van der Waals surface area contributed by atoms with E-state index in [1.807, 2.05) is 4.90 Å². The van der Waals surface area contributed by atoms with Crippen molar-refractivity contribution >= 4 is 21.8 Å². The summed E-state index contributed by atoms with van der Waals surface area (Å²) in [5.41, 5.74) is -0.0211.